The summed E-state index contributed by atoms with van der Waals surface area (Å²) in [5.41, 5.74) is 2.61. The van der Waals surface area contributed by atoms with Crippen molar-refractivity contribution in [1.29, 1.82) is 0 Å². The Bertz CT molecular complexity index is 554. The molecule has 2 aromatic rings. The van der Waals surface area contributed by atoms with E-state index in [2.05, 4.69) is 48.6 Å². The van der Waals surface area contributed by atoms with E-state index in [4.69, 9.17) is 9.47 Å². The number of hydrogen-bond donors (Lipinski definition) is 1. The monoisotopic (exact) mass is 256 g/mol. The lowest BCUT2D eigenvalue weighted by molar-refractivity contribution is -0.707. The molecule has 98 valence electrons. The summed E-state index contributed by atoms with van der Waals surface area (Å²) in [5, 5.41) is 2.33. The molecule has 2 N–H and O–H groups in total. The van der Waals surface area contributed by atoms with Gasteiger partial charge in [0.1, 0.15) is 12.6 Å². The number of hydrogen-bond acceptors (Lipinski definition) is 2. The van der Waals surface area contributed by atoms with Crippen LogP contribution in [0.15, 0.2) is 48.5 Å². The third-order valence-electron chi connectivity index (χ3n) is 3.47. The maximum absolute atomic E-state index is 5.39. The van der Waals surface area contributed by atoms with E-state index in [-0.39, 0.29) is 0 Å². The normalized spacial score (nSPS) is 14.4. The van der Waals surface area contributed by atoms with Crippen molar-refractivity contribution in [1.82, 2.24) is 0 Å². The average molecular weight is 256 g/mol. The first-order valence-corrected chi connectivity index (χ1v) is 6.60. The first-order valence-electron chi connectivity index (χ1n) is 6.60. The molecule has 3 rings (SSSR count). The first-order chi connectivity index (χ1) is 9.33. The zero-order valence-corrected chi connectivity index (χ0v) is 11.0. The van der Waals surface area contributed by atoms with Crippen molar-refractivity contribution in [3.63, 3.8) is 0 Å². The van der Waals surface area contributed by atoms with E-state index in [1.807, 2.05) is 12.1 Å². The molecule has 2 aromatic carbocycles. The number of nitrogens with two attached hydrogens (primary N) is 1. The Kier molecular flexibility index (Phi) is 3.38. The van der Waals surface area contributed by atoms with Gasteiger partial charge in [-0.05, 0) is 25.1 Å². The molecular weight excluding hydrogens is 238 g/mol. The summed E-state index contributed by atoms with van der Waals surface area (Å²) in [6.45, 7) is 3.50. The summed E-state index contributed by atoms with van der Waals surface area (Å²) in [6.07, 6.45) is 0. The van der Waals surface area contributed by atoms with E-state index in [1.165, 1.54) is 11.1 Å². The molecule has 0 aliphatic carbocycles. The molecular formula is C16H18NO2+. The van der Waals surface area contributed by atoms with Crippen molar-refractivity contribution >= 4 is 0 Å². The van der Waals surface area contributed by atoms with Crippen LogP contribution in [0.25, 0.3) is 0 Å². The van der Waals surface area contributed by atoms with Crippen LogP contribution in [-0.2, 0) is 6.54 Å². The van der Waals surface area contributed by atoms with Gasteiger partial charge in [0.2, 0.25) is 6.79 Å². The van der Waals surface area contributed by atoms with Gasteiger partial charge in [0.15, 0.2) is 11.5 Å². The average Bonchev–Trinajstić information content (AvgIpc) is 2.93. The van der Waals surface area contributed by atoms with Gasteiger partial charge in [-0.3, -0.25) is 0 Å². The molecule has 0 saturated heterocycles. The topological polar surface area (TPSA) is 35.1 Å². The van der Waals surface area contributed by atoms with Crippen LogP contribution in [-0.4, -0.2) is 6.79 Å². The third kappa shape index (κ3) is 2.71. The quantitative estimate of drug-likeness (QED) is 0.910. The molecule has 1 aliphatic rings. The van der Waals surface area contributed by atoms with Gasteiger partial charge in [0.25, 0.3) is 0 Å². The second-order valence-electron chi connectivity index (χ2n) is 4.83. The lowest BCUT2D eigenvalue weighted by atomic mass is 10.1. The fourth-order valence-electron chi connectivity index (χ4n) is 2.27. The van der Waals surface area contributed by atoms with Crippen molar-refractivity contribution in [2.75, 3.05) is 6.79 Å². The summed E-state index contributed by atoms with van der Waals surface area (Å²) in [7, 11) is 0. The predicted octanol–water partition coefficient (Wildman–Crippen LogP) is 2.24. The van der Waals surface area contributed by atoms with Gasteiger partial charge < -0.3 is 14.8 Å². The molecule has 3 heteroatoms. The highest BCUT2D eigenvalue weighted by molar-refractivity contribution is 5.44. The highest BCUT2D eigenvalue weighted by Crippen LogP contribution is 2.32. The first kappa shape index (κ1) is 12.1. The van der Waals surface area contributed by atoms with Crippen LogP contribution < -0.4 is 14.8 Å². The van der Waals surface area contributed by atoms with Gasteiger partial charge in [0.05, 0.1) is 0 Å². The van der Waals surface area contributed by atoms with E-state index in [0.717, 1.165) is 18.0 Å². The Morgan fingerprint density at radius 1 is 1.05 bits per heavy atom. The molecule has 3 nitrogen and oxygen atoms in total. The lowest BCUT2D eigenvalue weighted by Gasteiger charge is -2.11. The van der Waals surface area contributed by atoms with Crippen LogP contribution in [0.1, 0.15) is 24.1 Å². The molecule has 1 heterocycles. The van der Waals surface area contributed by atoms with Gasteiger partial charge in [-0.2, -0.15) is 0 Å². The standard InChI is InChI=1S/C16H17NO2/c1-12(14-5-3-2-4-6-14)17-10-13-7-8-15-16(9-13)19-11-18-15/h2-9,12,17H,10-11H2,1H3/p+1/t12-/m0/s1. The van der Waals surface area contributed by atoms with Gasteiger partial charge in [0, 0.05) is 11.1 Å². The van der Waals surface area contributed by atoms with Crippen LogP contribution in [0, 0.1) is 0 Å². The summed E-state index contributed by atoms with van der Waals surface area (Å²) in [4.78, 5) is 0. The molecule has 1 atom stereocenters. The molecule has 0 saturated carbocycles. The summed E-state index contributed by atoms with van der Waals surface area (Å²) < 4.78 is 10.7. The number of rotatable bonds is 4. The maximum Gasteiger partial charge on any atom is 0.231 e. The highest BCUT2D eigenvalue weighted by atomic mass is 16.7. The fraction of sp³-hybridized carbons (Fsp3) is 0.250. The van der Waals surface area contributed by atoms with Crippen molar-refractivity contribution in [2.24, 2.45) is 0 Å². The second-order valence-corrected chi connectivity index (χ2v) is 4.83. The second kappa shape index (κ2) is 5.33. The molecule has 0 aromatic heterocycles. The molecule has 0 unspecified atom stereocenters. The Morgan fingerprint density at radius 2 is 1.84 bits per heavy atom. The van der Waals surface area contributed by atoms with Gasteiger partial charge in [-0.1, -0.05) is 30.3 Å². The molecule has 0 spiro atoms. The van der Waals surface area contributed by atoms with E-state index in [1.54, 1.807) is 0 Å². The SMILES string of the molecule is C[C@H]([NH2+]Cc1ccc2c(c1)OCO2)c1ccccc1. The lowest BCUT2D eigenvalue weighted by Crippen LogP contribution is -2.83. The molecule has 0 radical (unpaired) electrons. The van der Waals surface area contributed by atoms with Crippen molar-refractivity contribution in [3.05, 3.63) is 59.7 Å². The minimum atomic E-state index is 0.336. The Balaban J connectivity index is 1.63. The number of fused-ring (bicyclic) bond motifs is 1. The highest BCUT2D eigenvalue weighted by Gasteiger charge is 2.14. The number of quaternary nitrogens is 1. The van der Waals surface area contributed by atoms with E-state index < -0.39 is 0 Å². The van der Waals surface area contributed by atoms with Crippen LogP contribution in [0.3, 0.4) is 0 Å². The van der Waals surface area contributed by atoms with Crippen LogP contribution in [0.4, 0.5) is 0 Å². The van der Waals surface area contributed by atoms with Gasteiger partial charge in [-0.15, -0.1) is 0 Å². The maximum atomic E-state index is 5.39. The molecule has 19 heavy (non-hydrogen) atoms. The van der Waals surface area contributed by atoms with Gasteiger partial charge in [-0.25, -0.2) is 0 Å². The largest absolute Gasteiger partial charge is 0.454 e. The predicted molar refractivity (Wildman–Crippen MR) is 73.1 cm³/mol. The van der Waals surface area contributed by atoms with Crippen LogP contribution >= 0.6 is 0 Å². The molecule has 0 fully saturated rings. The zero-order chi connectivity index (χ0) is 13.1. The zero-order valence-electron chi connectivity index (χ0n) is 11.0. The number of benzene rings is 2. The van der Waals surface area contributed by atoms with E-state index in [0.29, 0.717) is 12.8 Å². The van der Waals surface area contributed by atoms with Gasteiger partial charge >= 0.3 is 0 Å². The summed E-state index contributed by atoms with van der Waals surface area (Å²) in [6, 6.07) is 17.2. The van der Waals surface area contributed by atoms with Crippen LogP contribution in [0.5, 0.6) is 11.5 Å². The number of ether oxygens (including phenoxy) is 2. The van der Waals surface area contributed by atoms with E-state index >= 15 is 0 Å². The summed E-state index contributed by atoms with van der Waals surface area (Å²) in [5.74, 6) is 1.71. The van der Waals surface area contributed by atoms with Crippen molar-refractivity contribution in [3.8, 4) is 11.5 Å². The van der Waals surface area contributed by atoms with Crippen molar-refractivity contribution < 1.29 is 14.8 Å². The molecule has 1 aliphatic heterocycles. The fourth-order valence-corrected chi connectivity index (χ4v) is 2.27. The minimum Gasteiger partial charge on any atom is -0.454 e. The Morgan fingerprint density at radius 3 is 2.68 bits per heavy atom. The van der Waals surface area contributed by atoms with E-state index in [9.17, 15) is 0 Å². The van der Waals surface area contributed by atoms with Crippen molar-refractivity contribution in [2.45, 2.75) is 19.5 Å². The Labute approximate surface area is 113 Å². The minimum absolute atomic E-state index is 0.336. The Hall–Kier alpha value is -2.00. The van der Waals surface area contributed by atoms with Crippen LogP contribution in [0.2, 0.25) is 0 Å². The molecule has 0 bridgehead atoms. The summed E-state index contributed by atoms with van der Waals surface area (Å²) >= 11 is 0. The molecule has 0 amide bonds. The smallest absolute Gasteiger partial charge is 0.231 e. The third-order valence-corrected chi connectivity index (χ3v) is 3.47.